The molecule has 0 spiro atoms. The Labute approximate surface area is 126 Å². The summed E-state index contributed by atoms with van der Waals surface area (Å²) in [6.45, 7) is 3.71. The molecule has 114 valence electrons. The number of nitrogens with one attached hydrogen (secondary N) is 1. The van der Waals surface area contributed by atoms with Crippen molar-refractivity contribution in [2.75, 3.05) is 5.32 Å². The molecular formula is C14H14N4O4. The van der Waals surface area contributed by atoms with Crippen molar-refractivity contribution in [2.45, 2.75) is 20.0 Å². The first-order valence-corrected chi connectivity index (χ1v) is 6.52. The Morgan fingerprint density at radius 1 is 1.23 bits per heavy atom. The van der Waals surface area contributed by atoms with E-state index in [1.165, 1.54) is 24.3 Å². The van der Waals surface area contributed by atoms with Gasteiger partial charge in [0.2, 0.25) is 5.88 Å². The maximum Gasteiger partial charge on any atom is 0.282 e. The fourth-order valence-corrected chi connectivity index (χ4v) is 1.70. The summed E-state index contributed by atoms with van der Waals surface area (Å²) in [5.41, 5.74) is -0.315. The first-order valence-electron chi connectivity index (χ1n) is 6.52. The lowest BCUT2D eigenvalue weighted by Gasteiger charge is -2.08. The van der Waals surface area contributed by atoms with E-state index in [1.54, 1.807) is 12.1 Å². The van der Waals surface area contributed by atoms with E-state index < -0.39 is 10.8 Å². The van der Waals surface area contributed by atoms with Crippen LogP contribution in [0, 0.1) is 10.1 Å². The number of benzene rings is 1. The van der Waals surface area contributed by atoms with E-state index in [0.29, 0.717) is 5.88 Å². The molecule has 8 heteroatoms. The normalized spacial score (nSPS) is 10.3. The van der Waals surface area contributed by atoms with Gasteiger partial charge in [0.1, 0.15) is 5.56 Å². The molecule has 0 aliphatic heterocycles. The zero-order chi connectivity index (χ0) is 16.1. The van der Waals surface area contributed by atoms with Crippen molar-refractivity contribution in [1.82, 2.24) is 10.2 Å². The lowest BCUT2D eigenvalue weighted by molar-refractivity contribution is -0.385. The van der Waals surface area contributed by atoms with Crippen LogP contribution in [-0.2, 0) is 0 Å². The Kier molecular flexibility index (Phi) is 4.62. The van der Waals surface area contributed by atoms with Gasteiger partial charge in [0.15, 0.2) is 5.82 Å². The van der Waals surface area contributed by atoms with E-state index in [1.807, 2.05) is 13.8 Å². The number of hydrogen-bond donors (Lipinski definition) is 1. The highest BCUT2D eigenvalue weighted by molar-refractivity contribution is 6.06. The molecule has 2 rings (SSSR count). The summed E-state index contributed by atoms with van der Waals surface area (Å²) < 4.78 is 5.33. The molecule has 0 fully saturated rings. The van der Waals surface area contributed by atoms with E-state index in [0.717, 1.165) is 0 Å². The van der Waals surface area contributed by atoms with Gasteiger partial charge in [-0.2, -0.15) is 0 Å². The average molecular weight is 302 g/mol. The van der Waals surface area contributed by atoms with Gasteiger partial charge in [0, 0.05) is 12.1 Å². The number of nitrogens with zero attached hydrogens (tertiary/aromatic N) is 3. The molecule has 0 saturated carbocycles. The highest BCUT2D eigenvalue weighted by Crippen LogP contribution is 2.19. The number of amides is 1. The monoisotopic (exact) mass is 302 g/mol. The molecule has 1 heterocycles. The van der Waals surface area contributed by atoms with E-state index in [-0.39, 0.29) is 23.2 Å². The summed E-state index contributed by atoms with van der Waals surface area (Å²) in [4.78, 5) is 22.4. The molecule has 0 aliphatic carbocycles. The number of nitro groups is 1. The lowest BCUT2D eigenvalue weighted by Crippen LogP contribution is -2.15. The molecule has 1 amide bonds. The van der Waals surface area contributed by atoms with Crippen molar-refractivity contribution in [3.8, 4) is 5.88 Å². The molecule has 1 aromatic carbocycles. The first-order chi connectivity index (χ1) is 10.5. The third-order valence-electron chi connectivity index (χ3n) is 2.58. The highest BCUT2D eigenvalue weighted by Gasteiger charge is 2.19. The van der Waals surface area contributed by atoms with Crippen LogP contribution in [-0.4, -0.2) is 27.1 Å². The van der Waals surface area contributed by atoms with Gasteiger partial charge in [-0.05, 0) is 26.0 Å². The van der Waals surface area contributed by atoms with E-state index >= 15 is 0 Å². The molecular weight excluding hydrogens is 288 g/mol. The quantitative estimate of drug-likeness (QED) is 0.671. The smallest absolute Gasteiger partial charge is 0.282 e. The second-order valence-corrected chi connectivity index (χ2v) is 4.65. The van der Waals surface area contributed by atoms with Crippen LogP contribution in [0.1, 0.15) is 24.2 Å². The summed E-state index contributed by atoms with van der Waals surface area (Å²) >= 11 is 0. The van der Waals surface area contributed by atoms with Crippen molar-refractivity contribution < 1.29 is 14.5 Å². The molecule has 8 nitrogen and oxygen atoms in total. The van der Waals surface area contributed by atoms with Gasteiger partial charge in [0.25, 0.3) is 11.6 Å². The Hall–Kier alpha value is -3.03. The van der Waals surface area contributed by atoms with Crippen molar-refractivity contribution >= 4 is 17.4 Å². The number of aromatic nitrogens is 2. The topological polar surface area (TPSA) is 107 Å². The minimum Gasteiger partial charge on any atom is -0.474 e. The standard InChI is InChI=1S/C14H14N4O4/c1-9(2)22-13-8-7-12(16-17-13)15-14(19)10-5-3-4-6-11(10)18(20)21/h3-9H,1-2H3,(H,15,16,19). The highest BCUT2D eigenvalue weighted by atomic mass is 16.6. The van der Waals surface area contributed by atoms with Gasteiger partial charge in [-0.25, -0.2) is 0 Å². The van der Waals surface area contributed by atoms with Gasteiger partial charge in [-0.3, -0.25) is 14.9 Å². The maximum atomic E-state index is 12.1. The summed E-state index contributed by atoms with van der Waals surface area (Å²) in [7, 11) is 0. The van der Waals surface area contributed by atoms with Crippen LogP contribution in [0.2, 0.25) is 0 Å². The third kappa shape index (κ3) is 3.75. The van der Waals surface area contributed by atoms with Gasteiger partial charge >= 0.3 is 0 Å². The third-order valence-corrected chi connectivity index (χ3v) is 2.58. The van der Waals surface area contributed by atoms with Crippen LogP contribution >= 0.6 is 0 Å². The number of carbonyl (C=O) groups excluding carboxylic acids is 1. The second kappa shape index (κ2) is 6.61. The number of para-hydroxylation sites is 1. The Balaban J connectivity index is 2.14. The molecule has 0 unspecified atom stereocenters. The summed E-state index contributed by atoms with van der Waals surface area (Å²) in [5.74, 6) is -0.114. The second-order valence-electron chi connectivity index (χ2n) is 4.65. The zero-order valence-corrected chi connectivity index (χ0v) is 12.0. The number of rotatable bonds is 5. The molecule has 22 heavy (non-hydrogen) atoms. The number of ether oxygens (including phenoxy) is 1. The van der Waals surface area contributed by atoms with Crippen LogP contribution in [0.3, 0.4) is 0 Å². The van der Waals surface area contributed by atoms with Gasteiger partial charge < -0.3 is 10.1 Å². The molecule has 1 N–H and O–H groups in total. The Morgan fingerprint density at radius 3 is 2.55 bits per heavy atom. The predicted octanol–water partition coefficient (Wildman–Crippen LogP) is 2.42. The molecule has 0 saturated heterocycles. The fraction of sp³-hybridized carbons (Fsp3) is 0.214. The molecule has 2 aromatic rings. The molecule has 0 atom stereocenters. The maximum absolute atomic E-state index is 12.1. The van der Waals surface area contributed by atoms with E-state index in [9.17, 15) is 14.9 Å². The minimum absolute atomic E-state index is 0.0401. The SMILES string of the molecule is CC(C)Oc1ccc(NC(=O)c2ccccc2[N+](=O)[O-])nn1. The van der Waals surface area contributed by atoms with Crippen molar-refractivity contribution in [1.29, 1.82) is 0 Å². The summed E-state index contributed by atoms with van der Waals surface area (Å²) in [5, 5.41) is 21.0. The van der Waals surface area contributed by atoms with Crippen molar-refractivity contribution in [3.05, 3.63) is 52.1 Å². The van der Waals surface area contributed by atoms with Crippen molar-refractivity contribution in [3.63, 3.8) is 0 Å². The zero-order valence-electron chi connectivity index (χ0n) is 12.0. The summed E-state index contributed by atoms with van der Waals surface area (Å²) in [6.07, 6.45) is -0.0401. The Morgan fingerprint density at radius 2 is 1.95 bits per heavy atom. The van der Waals surface area contributed by atoms with Crippen LogP contribution in [0.4, 0.5) is 11.5 Å². The van der Waals surface area contributed by atoms with Gasteiger partial charge in [0.05, 0.1) is 11.0 Å². The van der Waals surface area contributed by atoms with Crippen LogP contribution < -0.4 is 10.1 Å². The molecule has 1 aromatic heterocycles. The Bertz CT molecular complexity index is 685. The minimum atomic E-state index is -0.626. The van der Waals surface area contributed by atoms with Crippen molar-refractivity contribution in [2.24, 2.45) is 0 Å². The van der Waals surface area contributed by atoms with E-state index in [2.05, 4.69) is 15.5 Å². The van der Waals surface area contributed by atoms with Gasteiger partial charge in [-0.15, -0.1) is 10.2 Å². The van der Waals surface area contributed by atoms with Gasteiger partial charge in [-0.1, -0.05) is 12.1 Å². The number of hydrogen-bond acceptors (Lipinski definition) is 6. The average Bonchev–Trinajstić information content (AvgIpc) is 2.48. The summed E-state index contributed by atoms with van der Waals surface area (Å²) in [6, 6.07) is 8.75. The fourth-order valence-electron chi connectivity index (χ4n) is 1.70. The first kappa shape index (κ1) is 15.4. The molecule has 0 radical (unpaired) electrons. The van der Waals surface area contributed by atoms with Crippen LogP contribution in [0.5, 0.6) is 5.88 Å². The van der Waals surface area contributed by atoms with Crippen LogP contribution in [0.15, 0.2) is 36.4 Å². The predicted molar refractivity (Wildman–Crippen MR) is 78.8 cm³/mol. The molecule has 0 aliphatic rings. The van der Waals surface area contributed by atoms with E-state index in [4.69, 9.17) is 4.74 Å². The van der Waals surface area contributed by atoms with Crippen LogP contribution in [0.25, 0.3) is 0 Å². The number of nitro benzene ring substituents is 1. The molecule has 0 bridgehead atoms. The number of carbonyl (C=O) groups is 1. The largest absolute Gasteiger partial charge is 0.474 e. The lowest BCUT2D eigenvalue weighted by atomic mass is 10.1. The number of anilines is 1.